The van der Waals surface area contributed by atoms with Gasteiger partial charge in [0.2, 0.25) is 0 Å². The molecule has 0 saturated heterocycles. The van der Waals surface area contributed by atoms with E-state index in [0.29, 0.717) is 16.9 Å². The van der Waals surface area contributed by atoms with Crippen LogP contribution >= 0.6 is 0 Å². The van der Waals surface area contributed by atoms with Crippen molar-refractivity contribution < 1.29 is 0 Å². The summed E-state index contributed by atoms with van der Waals surface area (Å²) >= 11 is 0. The van der Waals surface area contributed by atoms with Crippen molar-refractivity contribution in [3.05, 3.63) is 0 Å². The molecular formula is C17H35N. The van der Waals surface area contributed by atoms with Crippen molar-refractivity contribution in [2.75, 3.05) is 6.54 Å². The summed E-state index contributed by atoms with van der Waals surface area (Å²) in [5, 5.41) is 3.81. The van der Waals surface area contributed by atoms with E-state index in [1.807, 2.05) is 0 Å². The summed E-state index contributed by atoms with van der Waals surface area (Å²) in [6.45, 7) is 18.0. The molecule has 0 heterocycles. The molecule has 0 aromatic rings. The Morgan fingerprint density at radius 2 is 1.56 bits per heavy atom. The third kappa shape index (κ3) is 4.57. The van der Waals surface area contributed by atoms with Crippen molar-refractivity contribution in [2.24, 2.45) is 22.7 Å². The van der Waals surface area contributed by atoms with Crippen molar-refractivity contribution in [3.8, 4) is 0 Å². The average molecular weight is 253 g/mol. The van der Waals surface area contributed by atoms with E-state index in [9.17, 15) is 0 Å². The zero-order chi connectivity index (χ0) is 14.0. The van der Waals surface area contributed by atoms with Crippen LogP contribution in [0, 0.1) is 22.7 Å². The lowest BCUT2D eigenvalue weighted by atomic mass is 9.59. The zero-order valence-electron chi connectivity index (χ0n) is 13.8. The Morgan fingerprint density at radius 3 is 1.94 bits per heavy atom. The number of hydrogen-bond donors (Lipinski definition) is 1. The normalized spacial score (nSPS) is 25.3. The van der Waals surface area contributed by atoms with Crippen LogP contribution in [0.1, 0.15) is 74.1 Å². The van der Waals surface area contributed by atoms with Crippen molar-refractivity contribution in [1.82, 2.24) is 5.32 Å². The Labute approximate surface area is 115 Å². The minimum absolute atomic E-state index is 0.507. The summed E-state index contributed by atoms with van der Waals surface area (Å²) in [6.07, 6.45) is 5.38. The van der Waals surface area contributed by atoms with Gasteiger partial charge in [0.05, 0.1) is 0 Å². The van der Waals surface area contributed by atoms with Gasteiger partial charge in [-0.2, -0.15) is 0 Å². The highest BCUT2D eigenvalue weighted by molar-refractivity contribution is 4.94. The SMILES string of the molecule is CCCNC(C(C)C)C1CC(C)(C)CC(C)(C)C1. The van der Waals surface area contributed by atoms with Crippen LogP contribution in [0.4, 0.5) is 0 Å². The molecule has 0 aliphatic heterocycles. The van der Waals surface area contributed by atoms with E-state index in [4.69, 9.17) is 0 Å². The van der Waals surface area contributed by atoms with Crippen LogP contribution < -0.4 is 5.32 Å². The van der Waals surface area contributed by atoms with E-state index in [1.54, 1.807) is 0 Å². The van der Waals surface area contributed by atoms with E-state index in [2.05, 4.69) is 53.8 Å². The monoisotopic (exact) mass is 253 g/mol. The van der Waals surface area contributed by atoms with Crippen molar-refractivity contribution in [3.63, 3.8) is 0 Å². The van der Waals surface area contributed by atoms with Gasteiger partial charge in [-0.3, -0.25) is 0 Å². The van der Waals surface area contributed by atoms with Gasteiger partial charge in [-0.05, 0) is 54.9 Å². The molecule has 108 valence electrons. The molecule has 1 fully saturated rings. The first-order valence-corrected chi connectivity index (χ1v) is 7.90. The van der Waals surface area contributed by atoms with Crippen molar-refractivity contribution in [2.45, 2.75) is 80.2 Å². The summed E-state index contributed by atoms with van der Waals surface area (Å²) in [6, 6.07) is 0.698. The van der Waals surface area contributed by atoms with E-state index in [0.717, 1.165) is 11.8 Å². The Hall–Kier alpha value is -0.0400. The van der Waals surface area contributed by atoms with Crippen LogP contribution in [0.15, 0.2) is 0 Å². The average Bonchev–Trinajstić information content (AvgIpc) is 2.12. The third-order valence-corrected chi connectivity index (χ3v) is 4.44. The molecule has 0 bridgehead atoms. The highest BCUT2D eigenvalue weighted by atomic mass is 14.9. The topological polar surface area (TPSA) is 12.0 Å². The van der Waals surface area contributed by atoms with E-state index < -0.39 is 0 Å². The lowest BCUT2D eigenvalue weighted by Gasteiger charge is -2.48. The molecule has 1 N–H and O–H groups in total. The lowest BCUT2D eigenvalue weighted by molar-refractivity contribution is 0.0404. The lowest BCUT2D eigenvalue weighted by Crippen LogP contribution is -2.47. The maximum atomic E-state index is 3.81. The fourth-order valence-electron chi connectivity index (χ4n) is 4.44. The summed E-state index contributed by atoms with van der Waals surface area (Å²) in [5.74, 6) is 1.58. The van der Waals surface area contributed by atoms with Crippen LogP contribution in [0.2, 0.25) is 0 Å². The van der Waals surface area contributed by atoms with Crippen LogP contribution in [0.25, 0.3) is 0 Å². The Balaban J connectivity index is 2.77. The summed E-state index contributed by atoms with van der Waals surface area (Å²) < 4.78 is 0. The molecule has 1 heteroatoms. The van der Waals surface area contributed by atoms with Gasteiger partial charge in [-0.15, -0.1) is 0 Å². The van der Waals surface area contributed by atoms with Crippen LogP contribution in [0.5, 0.6) is 0 Å². The molecule has 0 spiro atoms. The van der Waals surface area contributed by atoms with Crippen molar-refractivity contribution in [1.29, 1.82) is 0 Å². The molecule has 0 aromatic carbocycles. The zero-order valence-corrected chi connectivity index (χ0v) is 13.8. The molecular weight excluding hydrogens is 218 g/mol. The molecule has 0 amide bonds. The maximum Gasteiger partial charge on any atom is 0.0119 e. The smallest absolute Gasteiger partial charge is 0.0119 e. The second-order valence-electron chi connectivity index (χ2n) is 8.40. The van der Waals surface area contributed by atoms with E-state index in [-0.39, 0.29) is 0 Å². The first kappa shape index (κ1) is 16.0. The molecule has 1 atom stereocenters. The second-order valence-corrected chi connectivity index (χ2v) is 8.40. The van der Waals surface area contributed by atoms with Crippen LogP contribution in [0.3, 0.4) is 0 Å². The molecule has 1 saturated carbocycles. The van der Waals surface area contributed by atoms with Gasteiger partial charge >= 0.3 is 0 Å². The Kier molecular flexibility index (Phi) is 5.29. The Bertz CT molecular complexity index is 236. The molecule has 1 nitrogen and oxygen atoms in total. The van der Waals surface area contributed by atoms with Gasteiger partial charge in [-0.25, -0.2) is 0 Å². The number of rotatable bonds is 5. The molecule has 1 rings (SSSR count). The summed E-state index contributed by atoms with van der Waals surface area (Å²) in [7, 11) is 0. The fourth-order valence-corrected chi connectivity index (χ4v) is 4.44. The predicted molar refractivity (Wildman–Crippen MR) is 81.8 cm³/mol. The van der Waals surface area contributed by atoms with Gasteiger partial charge in [0, 0.05) is 6.04 Å². The molecule has 0 radical (unpaired) electrons. The number of nitrogens with one attached hydrogen (secondary N) is 1. The van der Waals surface area contributed by atoms with Gasteiger partial charge in [0.15, 0.2) is 0 Å². The first-order chi connectivity index (χ1) is 8.17. The minimum Gasteiger partial charge on any atom is -0.313 e. The van der Waals surface area contributed by atoms with Gasteiger partial charge in [0.25, 0.3) is 0 Å². The number of hydrogen-bond acceptors (Lipinski definition) is 1. The molecule has 1 aliphatic rings. The second kappa shape index (κ2) is 5.94. The highest BCUT2D eigenvalue weighted by Crippen LogP contribution is 2.49. The van der Waals surface area contributed by atoms with Gasteiger partial charge in [-0.1, -0.05) is 48.5 Å². The largest absolute Gasteiger partial charge is 0.313 e. The van der Waals surface area contributed by atoms with Crippen molar-refractivity contribution >= 4 is 0 Å². The molecule has 18 heavy (non-hydrogen) atoms. The van der Waals surface area contributed by atoms with Crippen LogP contribution in [-0.2, 0) is 0 Å². The first-order valence-electron chi connectivity index (χ1n) is 7.90. The molecule has 1 aliphatic carbocycles. The van der Waals surface area contributed by atoms with Gasteiger partial charge < -0.3 is 5.32 Å². The minimum atomic E-state index is 0.507. The van der Waals surface area contributed by atoms with Crippen LogP contribution in [-0.4, -0.2) is 12.6 Å². The predicted octanol–water partition coefficient (Wildman–Crippen LogP) is 4.86. The standard InChI is InChI=1S/C17H35N/c1-8-9-18-15(13(2)3)14-10-16(4,5)12-17(6,7)11-14/h13-15,18H,8-12H2,1-7H3. The highest BCUT2D eigenvalue weighted by Gasteiger charge is 2.41. The summed E-state index contributed by atoms with van der Waals surface area (Å²) in [5.41, 5.74) is 1.01. The Morgan fingerprint density at radius 1 is 1.06 bits per heavy atom. The van der Waals surface area contributed by atoms with E-state index in [1.165, 1.54) is 32.2 Å². The van der Waals surface area contributed by atoms with Gasteiger partial charge in [0.1, 0.15) is 0 Å². The van der Waals surface area contributed by atoms with E-state index >= 15 is 0 Å². The maximum absolute atomic E-state index is 3.81. The quantitative estimate of drug-likeness (QED) is 0.737. The third-order valence-electron chi connectivity index (χ3n) is 4.44. The summed E-state index contributed by atoms with van der Waals surface area (Å²) in [4.78, 5) is 0. The molecule has 0 aromatic heterocycles. The molecule has 1 unspecified atom stereocenters. The fraction of sp³-hybridized carbons (Fsp3) is 1.00.